The van der Waals surface area contributed by atoms with Crippen molar-refractivity contribution in [2.24, 2.45) is 0 Å². The van der Waals surface area contributed by atoms with Crippen LogP contribution in [0.25, 0.3) is 0 Å². The topological polar surface area (TPSA) is 38.3 Å². The fourth-order valence-corrected chi connectivity index (χ4v) is 2.66. The predicted molar refractivity (Wildman–Crippen MR) is 77.0 cm³/mol. The molecule has 0 saturated heterocycles. The van der Waals surface area contributed by atoms with Gasteiger partial charge < -0.3 is 10.1 Å². The maximum Gasteiger partial charge on any atom is 0.260 e. The minimum atomic E-state index is -0.570. The Labute approximate surface area is 123 Å². The molecule has 0 heterocycles. The zero-order valence-corrected chi connectivity index (χ0v) is 12.3. The smallest absolute Gasteiger partial charge is 0.260 e. The number of rotatable bonds is 4. The molecule has 0 aliphatic heterocycles. The fourth-order valence-electron chi connectivity index (χ4n) is 2.20. The van der Waals surface area contributed by atoms with Crippen LogP contribution < -0.4 is 10.1 Å². The molecule has 2 rings (SSSR count). The third-order valence-corrected chi connectivity index (χ3v) is 3.80. The lowest BCUT2D eigenvalue weighted by atomic mass is 10.2. The van der Waals surface area contributed by atoms with Crippen LogP contribution in [0.3, 0.4) is 0 Å². The Balaban J connectivity index is 1.92. The van der Waals surface area contributed by atoms with Gasteiger partial charge >= 0.3 is 0 Å². The molecule has 1 atom stereocenters. The number of nitrogens with one attached hydrogen (secondary N) is 1. The molecule has 1 N–H and O–H groups in total. The van der Waals surface area contributed by atoms with Crippen molar-refractivity contribution in [3.05, 3.63) is 28.2 Å². The van der Waals surface area contributed by atoms with E-state index in [9.17, 15) is 4.79 Å². The summed E-state index contributed by atoms with van der Waals surface area (Å²) in [5.74, 6) is 0.373. The van der Waals surface area contributed by atoms with Gasteiger partial charge in [0.25, 0.3) is 5.91 Å². The third kappa shape index (κ3) is 4.02. The number of amides is 1. The minimum Gasteiger partial charge on any atom is -0.479 e. The summed E-state index contributed by atoms with van der Waals surface area (Å²) < 4.78 is 5.57. The molecule has 0 unspecified atom stereocenters. The van der Waals surface area contributed by atoms with Gasteiger partial charge in [-0.3, -0.25) is 4.79 Å². The molecule has 1 aromatic carbocycles. The summed E-state index contributed by atoms with van der Waals surface area (Å²) >= 11 is 11.8. The molecular formula is C14H17Cl2NO2. The van der Waals surface area contributed by atoms with Crippen molar-refractivity contribution in [1.82, 2.24) is 5.32 Å². The Hall–Kier alpha value is -0.930. The van der Waals surface area contributed by atoms with E-state index in [1.807, 2.05) is 0 Å². The van der Waals surface area contributed by atoms with Crippen LogP contribution in [0.1, 0.15) is 32.6 Å². The zero-order valence-electron chi connectivity index (χ0n) is 10.8. The van der Waals surface area contributed by atoms with Gasteiger partial charge in [-0.15, -0.1) is 0 Å². The van der Waals surface area contributed by atoms with Crippen molar-refractivity contribution in [2.75, 3.05) is 0 Å². The molecule has 5 heteroatoms. The molecule has 0 radical (unpaired) electrons. The van der Waals surface area contributed by atoms with Crippen molar-refractivity contribution in [3.8, 4) is 5.75 Å². The number of hydrogen-bond acceptors (Lipinski definition) is 2. The van der Waals surface area contributed by atoms with Crippen LogP contribution >= 0.6 is 23.2 Å². The highest BCUT2D eigenvalue weighted by Gasteiger charge is 2.22. The molecule has 1 saturated carbocycles. The van der Waals surface area contributed by atoms with Crippen LogP contribution in [0.4, 0.5) is 0 Å². The molecule has 0 bridgehead atoms. The Kier molecular flexibility index (Phi) is 4.94. The second-order valence-corrected chi connectivity index (χ2v) is 5.67. The number of hydrogen-bond donors (Lipinski definition) is 1. The average Bonchev–Trinajstić information content (AvgIpc) is 2.85. The van der Waals surface area contributed by atoms with E-state index in [0.29, 0.717) is 21.8 Å². The number of ether oxygens (including phenoxy) is 1. The first-order valence-electron chi connectivity index (χ1n) is 6.48. The van der Waals surface area contributed by atoms with Crippen LogP contribution in [0.2, 0.25) is 10.0 Å². The van der Waals surface area contributed by atoms with Crippen molar-refractivity contribution < 1.29 is 9.53 Å². The average molecular weight is 302 g/mol. The quantitative estimate of drug-likeness (QED) is 0.918. The monoisotopic (exact) mass is 301 g/mol. The van der Waals surface area contributed by atoms with Gasteiger partial charge in [-0.25, -0.2) is 0 Å². The first kappa shape index (κ1) is 14.5. The fraction of sp³-hybridized carbons (Fsp3) is 0.500. The summed E-state index contributed by atoms with van der Waals surface area (Å²) in [6, 6.07) is 5.24. The zero-order chi connectivity index (χ0) is 13.8. The molecule has 1 aromatic rings. The van der Waals surface area contributed by atoms with Gasteiger partial charge in [0.1, 0.15) is 5.75 Å². The van der Waals surface area contributed by atoms with Gasteiger partial charge in [-0.2, -0.15) is 0 Å². The molecule has 104 valence electrons. The van der Waals surface area contributed by atoms with E-state index in [1.165, 1.54) is 12.8 Å². The maximum atomic E-state index is 12.0. The van der Waals surface area contributed by atoms with Gasteiger partial charge in [-0.05, 0) is 38.0 Å². The van der Waals surface area contributed by atoms with E-state index in [-0.39, 0.29) is 5.91 Å². The molecule has 1 aliphatic carbocycles. The maximum absolute atomic E-state index is 12.0. The highest BCUT2D eigenvalue weighted by Crippen LogP contribution is 2.28. The highest BCUT2D eigenvalue weighted by atomic mass is 35.5. The van der Waals surface area contributed by atoms with E-state index >= 15 is 0 Å². The number of halogens is 2. The van der Waals surface area contributed by atoms with E-state index in [4.69, 9.17) is 27.9 Å². The third-order valence-electron chi connectivity index (χ3n) is 3.27. The van der Waals surface area contributed by atoms with Crippen molar-refractivity contribution in [3.63, 3.8) is 0 Å². The normalized spacial score (nSPS) is 17.2. The highest BCUT2D eigenvalue weighted by molar-refractivity contribution is 6.35. The lowest BCUT2D eigenvalue weighted by Crippen LogP contribution is -2.41. The van der Waals surface area contributed by atoms with Gasteiger partial charge in [0.05, 0.1) is 5.02 Å². The number of benzene rings is 1. The van der Waals surface area contributed by atoms with Crippen molar-refractivity contribution in [2.45, 2.75) is 44.8 Å². The lowest BCUT2D eigenvalue weighted by Gasteiger charge is -2.18. The SMILES string of the molecule is C[C@@H](Oc1ccc(Cl)cc1Cl)C(=O)NC1CCCC1. The second-order valence-electron chi connectivity index (χ2n) is 4.82. The summed E-state index contributed by atoms with van der Waals surface area (Å²) in [4.78, 5) is 12.0. The van der Waals surface area contributed by atoms with Crippen molar-refractivity contribution in [1.29, 1.82) is 0 Å². The van der Waals surface area contributed by atoms with Gasteiger partial charge in [-0.1, -0.05) is 36.0 Å². The van der Waals surface area contributed by atoms with Crippen LogP contribution in [-0.2, 0) is 4.79 Å². The lowest BCUT2D eigenvalue weighted by molar-refractivity contribution is -0.127. The molecule has 0 aromatic heterocycles. The number of carbonyl (C=O) groups excluding carboxylic acids is 1. The molecule has 1 amide bonds. The van der Waals surface area contributed by atoms with Crippen LogP contribution in [0, 0.1) is 0 Å². The van der Waals surface area contributed by atoms with Crippen LogP contribution in [0.15, 0.2) is 18.2 Å². The van der Waals surface area contributed by atoms with E-state index < -0.39 is 6.10 Å². The molecule has 1 aliphatic rings. The van der Waals surface area contributed by atoms with E-state index in [0.717, 1.165) is 12.8 Å². The first-order chi connectivity index (χ1) is 9.06. The summed E-state index contributed by atoms with van der Waals surface area (Å²) in [7, 11) is 0. The van der Waals surface area contributed by atoms with E-state index in [2.05, 4.69) is 5.32 Å². The molecule has 19 heavy (non-hydrogen) atoms. The number of carbonyl (C=O) groups is 1. The summed E-state index contributed by atoms with van der Waals surface area (Å²) in [5, 5.41) is 3.95. The van der Waals surface area contributed by atoms with Crippen LogP contribution in [-0.4, -0.2) is 18.1 Å². The summed E-state index contributed by atoms with van der Waals surface area (Å²) in [5.41, 5.74) is 0. The second kappa shape index (κ2) is 6.49. The summed E-state index contributed by atoms with van der Waals surface area (Å²) in [6.45, 7) is 1.72. The Morgan fingerprint density at radius 1 is 1.37 bits per heavy atom. The molecular weight excluding hydrogens is 285 g/mol. The van der Waals surface area contributed by atoms with Gasteiger partial charge in [0.2, 0.25) is 0 Å². The first-order valence-corrected chi connectivity index (χ1v) is 7.24. The Morgan fingerprint density at radius 3 is 2.68 bits per heavy atom. The molecule has 3 nitrogen and oxygen atoms in total. The molecule has 0 spiro atoms. The minimum absolute atomic E-state index is 0.0992. The van der Waals surface area contributed by atoms with Crippen molar-refractivity contribution >= 4 is 29.1 Å². The van der Waals surface area contributed by atoms with E-state index in [1.54, 1.807) is 25.1 Å². The Bertz CT molecular complexity index is 459. The predicted octanol–water partition coefficient (Wildman–Crippen LogP) is 3.82. The largest absolute Gasteiger partial charge is 0.479 e. The molecule has 1 fully saturated rings. The summed E-state index contributed by atoms with van der Waals surface area (Å²) in [6.07, 6.45) is 3.91. The van der Waals surface area contributed by atoms with Crippen LogP contribution in [0.5, 0.6) is 5.75 Å². The van der Waals surface area contributed by atoms with Gasteiger partial charge in [0, 0.05) is 11.1 Å². The Morgan fingerprint density at radius 2 is 2.05 bits per heavy atom. The van der Waals surface area contributed by atoms with Gasteiger partial charge in [0.15, 0.2) is 6.10 Å². The standard InChI is InChI=1S/C14H17Cl2NO2/c1-9(14(18)17-11-4-2-3-5-11)19-13-7-6-10(15)8-12(13)16/h6-9,11H,2-5H2,1H3,(H,17,18)/t9-/m1/s1.